The molecule has 0 saturated heterocycles. The number of hydrogen-bond acceptors (Lipinski definition) is 3. The molecule has 0 bridgehead atoms. The minimum atomic E-state index is 0. The van der Waals surface area contributed by atoms with Crippen molar-refractivity contribution < 1.29 is 21.9 Å². The fourth-order valence-corrected chi connectivity index (χ4v) is 2.97. The zero-order valence-electron chi connectivity index (χ0n) is 15.4. The maximum Gasteiger partial charge on any atom is 0.124 e. The molecule has 3 nitrogen and oxygen atoms in total. The Morgan fingerprint density at radius 1 is 0.786 bits per heavy atom. The summed E-state index contributed by atoms with van der Waals surface area (Å²) in [4.78, 5) is 0. The number of rotatable bonds is 8. The summed E-state index contributed by atoms with van der Waals surface area (Å²) in [6.07, 6.45) is 0. The van der Waals surface area contributed by atoms with E-state index < -0.39 is 0 Å². The largest absolute Gasteiger partial charge is 1.00 e. The summed E-state index contributed by atoms with van der Waals surface area (Å²) >= 11 is 12.1. The Morgan fingerprint density at radius 3 is 2.11 bits per heavy atom. The van der Waals surface area contributed by atoms with E-state index in [4.69, 9.17) is 32.7 Å². The van der Waals surface area contributed by atoms with Crippen molar-refractivity contribution in [1.82, 2.24) is 5.32 Å². The molecule has 28 heavy (non-hydrogen) atoms. The Labute approximate surface area is 182 Å². The van der Waals surface area contributed by atoms with Gasteiger partial charge in [0, 0.05) is 28.7 Å². The Hall–Kier alpha value is -1.91. The molecule has 0 aliphatic carbocycles. The van der Waals surface area contributed by atoms with Crippen LogP contribution in [0.3, 0.4) is 0 Å². The lowest BCUT2D eigenvalue weighted by Gasteiger charge is -2.13. The lowest BCUT2D eigenvalue weighted by Crippen LogP contribution is -3.00. The Balaban J connectivity index is 0.00000280. The molecule has 1 N–H and O–H groups in total. The fourth-order valence-electron chi connectivity index (χ4n) is 2.65. The lowest BCUT2D eigenvalue weighted by atomic mass is 10.1. The van der Waals surface area contributed by atoms with Crippen LogP contribution in [0.15, 0.2) is 66.7 Å². The van der Waals surface area contributed by atoms with Crippen molar-refractivity contribution in [2.24, 2.45) is 0 Å². The molecule has 0 atom stereocenters. The van der Waals surface area contributed by atoms with E-state index in [1.807, 2.05) is 66.7 Å². The first-order chi connectivity index (χ1) is 13.1. The van der Waals surface area contributed by atoms with Gasteiger partial charge in [-0.05, 0) is 53.6 Å². The van der Waals surface area contributed by atoms with E-state index in [9.17, 15) is 0 Å². The lowest BCUT2D eigenvalue weighted by molar-refractivity contribution is -0.00000591. The molecule has 148 valence electrons. The summed E-state index contributed by atoms with van der Waals surface area (Å²) in [5.74, 6) is 1.67. The molecule has 0 saturated carbocycles. The van der Waals surface area contributed by atoms with Gasteiger partial charge in [0.05, 0.1) is 7.11 Å². The molecular formula is C22H21Cl3NO2-. The molecule has 0 fully saturated rings. The maximum atomic E-state index is 6.17. The minimum absolute atomic E-state index is 0. The van der Waals surface area contributed by atoms with Crippen molar-refractivity contribution in [2.45, 2.75) is 19.7 Å². The van der Waals surface area contributed by atoms with E-state index in [-0.39, 0.29) is 12.4 Å². The molecule has 3 aromatic carbocycles. The van der Waals surface area contributed by atoms with Crippen LogP contribution in [0.4, 0.5) is 0 Å². The van der Waals surface area contributed by atoms with E-state index in [2.05, 4.69) is 5.32 Å². The van der Waals surface area contributed by atoms with Crippen LogP contribution in [0.2, 0.25) is 10.0 Å². The third-order valence-electron chi connectivity index (χ3n) is 4.13. The first kappa shape index (κ1) is 22.4. The molecule has 6 heteroatoms. The Bertz CT molecular complexity index is 868. The van der Waals surface area contributed by atoms with Crippen LogP contribution in [0.5, 0.6) is 11.5 Å². The second kappa shape index (κ2) is 11.2. The summed E-state index contributed by atoms with van der Waals surface area (Å²) < 4.78 is 11.2. The van der Waals surface area contributed by atoms with Gasteiger partial charge in [-0.2, -0.15) is 0 Å². The van der Waals surface area contributed by atoms with Gasteiger partial charge in [0.25, 0.3) is 0 Å². The van der Waals surface area contributed by atoms with Crippen molar-refractivity contribution >= 4 is 23.2 Å². The van der Waals surface area contributed by atoms with Crippen LogP contribution < -0.4 is 27.2 Å². The zero-order chi connectivity index (χ0) is 19.1. The number of halogens is 3. The molecular weight excluding hydrogens is 417 g/mol. The van der Waals surface area contributed by atoms with E-state index >= 15 is 0 Å². The van der Waals surface area contributed by atoms with Crippen molar-refractivity contribution in [3.63, 3.8) is 0 Å². The Morgan fingerprint density at radius 2 is 1.43 bits per heavy atom. The number of hydrogen-bond donors (Lipinski definition) is 1. The average molecular weight is 438 g/mol. The van der Waals surface area contributed by atoms with E-state index in [1.165, 1.54) is 5.56 Å². The van der Waals surface area contributed by atoms with Crippen LogP contribution in [0.25, 0.3) is 0 Å². The maximum absolute atomic E-state index is 6.17. The molecule has 0 aliphatic heterocycles. The van der Waals surface area contributed by atoms with Crippen LogP contribution >= 0.6 is 23.2 Å². The van der Waals surface area contributed by atoms with Gasteiger partial charge < -0.3 is 27.2 Å². The molecule has 3 aromatic rings. The van der Waals surface area contributed by atoms with E-state index in [0.29, 0.717) is 23.2 Å². The van der Waals surface area contributed by atoms with Gasteiger partial charge in [-0.25, -0.2) is 0 Å². The molecule has 0 aromatic heterocycles. The Kier molecular flexibility index (Phi) is 8.94. The van der Waals surface area contributed by atoms with Gasteiger partial charge in [-0.15, -0.1) is 0 Å². The zero-order valence-corrected chi connectivity index (χ0v) is 17.7. The summed E-state index contributed by atoms with van der Waals surface area (Å²) in [7, 11) is 1.66. The monoisotopic (exact) mass is 436 g/mol. The first-order valence-electron chi connectivity index (χ1n) is 8.63. The third kappa shape index (κ3) is 6.61. The highest BCUT2D eigenvalue weighted by atomic mass is 35.5. The molecule has 0 heterocycles. The van der Waals surface area contributed by atoms with Crippen molar-refractivity contribution in [3.05, 3.63) is 93.5 Å². The number of benzene rings is 3. The number of nitrogens with one attached hydrogen (secondary N) is 1. The van der Waals surface area contributed by atoms with Gasteiger partial charge >= 0.3 is 0 Å². The summed E-state index contributed by atoms with van der Waals surface area (Å²) in [5.41, 5.74) is 3.26. The molecule has 0 amide bonds. The molecule has 0 spiro atoms. The molecule has 0 aliphatic rings. The predicted molar refractivity (Wildman–Crippen MR) is 111 cm³/mol. The van der Waals surface area contributed by atoms with Crippen molar-refractivity contribution in [3.8, 4) is 11.5 Å². The third-order valence-corrected chi connectivity index (χ3v) is 4.62. The van der Waals surface area contributed by atoms with E-state index in [1.54, 1.807) is 7.11 Å². The number of ether oxygens (including phenoxy) is 2. The summed E-state index contributed by atoms with van der Waals surface area (Å²) in [6, 6.07) is 21.3. The minimum Gasteiger partial charge on any atom is -1.00 e. The van der Waals surface area contributed by atoms with Crippen molar-refractivity contribution in [1.29, 1.82) is 0 Å². The van der Waals surface area contributed by atoms with E-state index in [0.717, 1.165) is 29.2 Å². The number of methoxy groups -OCH3 is 1. The summed E-state index contributed by atoms with van der Waals surface area (Å²) in [5, 5.41) is 4.84. The van der Waals surface area contributed by atoms with Gasteiger partial charge in [0.1, 0.15) is 18.1 Å². The smallest absolute Gasteiger partial charge is 0.124 e. The highest BCUT2D eigenvalue weighted by molar-refractivity contribution is 6.30. The molecule has 3 rings (SSSR count). The first-order valence-corrected chi connectivity index (χ1v) is 9.39. The highest BCUT2D eigenvalue weighted by Gasteiger charge is 2.06. The van der Waals surface area contributed by atoms with Gasteiger partial charge in [0.15, 0.2) is 0 Å². The van der Waals surface area contributed by atoms with Crippen LogP contribution in [0.1, 0.15) is 16.7 Å². The second-order valence-electron chi connectivity index (χ2n) is 6.12. The van der Waals surface area contributed by atoms with Gasteiger partial charge in [-0.3, -0.25) is 0 Å². The van der Waals surface area contributed by atoms with Gasteiger partial charge in [0.2, 0.25) is 0 Å². The summed E-state index contributed by atoms with van der Waals surface area (Å²) in [6.45, 7) is 1.87. The SMILES string of the molecule is COc1ccc(CNCc2cc(Cl)ccc2OCc2ccc(Cl)cc2)cc1.[Cl-]. The van der Waals surface area contributed by atoms with Crippen LogP contribution in [-0.4, -0.2) is 7.11 Å². The van der Waals surface area contributed by atoms with Crippen LogP contribution in [-0.2, 0) is 19.7 Å². The topological polar surface area (TPSA) is 30.5 Å². The normalized spacial score (nSPS) is 10.2. The fraction of sp³-hybridized carbons (Fsp3) is 0.182. The molecule has 0 unspecified atom stereocenters. The van der Waals surface area contributed by atoms with Crippen LogP contribution in [0, 0.1) is 0 Å². The molecule has 0 radical (unpaired) electrons. The quantitative estimate of drug-likeness (QED) is 0.588. The van der Waals surface area contributed by atoms with Crippen molar-refractivity contribution in [2.75, 3.05) is 7.11 Å². The predicted octanol–water partition coefficient (Wildman–Crippen LogP) is 2.87. The standard InChI is InChI=1S/C22H21Cl2NO2.ClH/c1-26-21-9-4-16(5-10-21)13-25-14-18-12-20(24)8-11-22(18)27-15-17-2-6-19(23)7-3-17;/h2-12,25H,13-15H2,1H3;1H/p-1. The highest BCUT2D eigenvalue weighted by Crippen LogP contribution is 2.24. The average Bonchev–Trinajstić information content (AvgIpc) is 2.69. The second-order valence-corrected chi connectivity index (χ2v) is 6.99. The van der Waals surface area contributed by atoms with Gasteiger partial charge in [-0.1, -0.05) is 47.5 Å².